The molecule has 1 aliphatic rings. The standard InChI is InChI=1S/C25H28N6O2/c1-3-31-20-9-5-4-7-15(20)13-21(31)24-28-19-12-16(11-18(23(27)32)22(19)29(24)2)25(33)30-10-6-8-17(26)14-30/h4-5,7,9,11-13,17H,3,6,8,10,14,26H2,1-2H3,(H2,27,32). The fourth-order valence-corrected chi connectivity index (χ4v) is 5.01. The Kier molecular flexibility index (Phi) is 5.17. The normalized spacial score (nSPS) is 16.6. The molecule has 0 spiro atoms. The van der Waals surface area contributed by atoms with Crippen molar-refractivity contribution in [3.8, 4) is 11.5 Å². The zero-order valence-electron chi connectivity index (χ0n) is 18.9. The molecule has 0 aliphatic carbocycles. The van der Waals surface area contributed by atoms with Crippen LogP contribution in [0.5, 0.6) is 0 Å². The highest BCUT2D eigenvalue weighted by Crippen LogP contribution is 2.32. The van der Waals surface area contributed by atoms with Crippen LogP contribution in [0.1, 0.15) is 40.5 Å². The van der Waals surface area contributed by atoms with Gasteiger partial charge in [-0.25, -0.2) is 4.98 Å². The molecule has 4 N–H and O–H groups in total. The van der Waals surface area contributed by atoms with Crippen molar-refractivity contribution >= 4 is 33.8 Å². The number of piperidine rings is 1. The summed E-state index contributed by atoms with van der Waals surface area (Å²) in [4.78, 5) is 32.3. The average molecular weight is 445 g/mol. The first-order chi connectivity index (χ1) is 15.9. The number of benzene rings is 2. The molecule has 5 rings (SSSR count). The van der Waals surface area contributed by atoms with Gasteiger partial charge in [0.2, 0.25) is 0 Å². The molecule has 2 aromatic heterocycles. The lowest BCUT2D eigenvalue weighted by atomic mass is 10.0. The Balaban J connectivity index is 1.68. The number of carbonyl (C=O) groups is 2. The molecule has 8 heteroatoms. The van der Waals surface area contributed by atoms with Crippen molar-refractivity contribution in [3.05, 3.63) is 53.6 Å². The monoisotopic (exact) mass is 444 g/mol. The zero-order valence-corrected chi connectivity index (χ0v) is 18.9. The summed E-state index contributed by atoms with van der Waals surface area (Å²) < 4.78 is 4.09. The van der Waals surface area contributed by atoms with Crippen LogP contribution >= 0.6 is 0 Å². The first kappa shape index (κ1) is 21.2. The molecule has 2 aromatic carbocycles. The smallest absolute Gasteiger partial charge is 0.254 e. The second kappa shape index (κ2) is 8.04. The minimum atomic E-state index is -0.587. The van der Waals surface area contributed by atoms with E-state index >= 15 is 0 Å². The van der Waals surface area contributed by atoms with E-state index in [9.17, 15) is 9.59 Å². The number of nitrogens with zero attached hydrogens (tertiary/aromatic N) is 4. The summed E-state index contributed by atoms with van der Waals surface area (Å²) in [6.07, 6.45) is 1.78. The van der Waals surface area contributed by atoms with Gasteiger partial charge in [-0.1, -0.05) is 18.2 Å². The second-order valence-electron chi connectivity index (χ2n) is 8.74. The molecule has 1 atom stereocenters. The summed E-state index contributed by atoms with van der Waals surface area (Å²) in [6, 6.07) is 13.6. The fourth-order valence-electron chi connectivity index (χ4n) is 5.01. The van der Waals surface area contributed by atoms with Gasteiger partial charge in [0.25, 0.3) is 11.8 Å². The van der Waals surface area contributed by atoms with Crippen LogP contribution in [-0.2, 0) is 13.6 Å². The molecule has 3 heterocycles. The molecule has 0 bridgehead atoms. The van der Waals surface area contributed by atoms with Crippen LogP contribution in [0.15, 0.2) is 42.5 Å². The third kappa shape index (κ3) is 3.47. The lowest BCUT2D eigenvalue weighted by Gasteiger charge is -2.30. The molecule has 0 radical (unpaired) electrons. The first-order valence-electron chi connectivity index (χ1n) is 11.3. The molecule has 33 heavy (non-hydrogen) atoms. The van der Waals surface area contributed by atoms with E-state index in [1.807, 2.05) is 23.7 Å². The molecule has 4 aromatic rings. The summed E-state index contributed by atoms with van der Waals surface area (Å²) in [7, 11) is 1.87. The van der Waals surface area contributed by atoms with Crippen LogP contribution in [0.4, 0.5) is 0 Å². The zero-order chi connectivity index (χ0) is 23.3. The topological polar surface area (TPSA) is 112 Å². The predicted molar refractivity (Wildman–Crippen MR) is 129 cm³/mol. The number of imidazole rings is 1. The van der Waals surface area contributed by atoms with Crippen LogP contribution in [0.3, 0.4) is 0 Å². The van der Waals surface area contributed by atoms with Crippen LogP contribution in [0, 0.1) is 0 Å². The molecular weight excluding hydrogens is 416 g/mol. The van der Waals surface area contributed by atoms with Gasteiger partial charge in [0.05, 0.1) is 22.3 Å². The minimum absolute atomic E-state index is 0.0283. The average Bonchev–Trinajstić information content (AvgIpc) is 3.35. The molecule has 0 saturated carbocycles. The Labute approximate surface area is 191 Å². The van der Waals surface area contributed by atoms with Crippen molar-refractivity contribution in [2.45, 2.75) is 32.4 Å². The van der Waals surface area contributed by atoms with Crippen LogP contribution < -0.4 is 11.5 Å². The molecule has 1 aliphatic heterocycles. The van der Waals surface area contributed by atoms with E-state index in [2.05, 4.69) is 29.7 Å². The molecule has 1 unspecified atom stereocenters. The summed E-state index contributed by atoms with van der Waals surface area (Å²) in [5, 5.41) is 1.12. The SMILES string of the molecule is CCn1c(-c2nc3cc(C(=O)N4CCCC(N)C4)cc(C(N)=O)c3n2C)cc2ccccc21. The predicted octanol–water partition coefficient (Wildman–Crippen LogP) is 2.88. The van der Waals surface area contributed by atoms with Gasteiger partial charge in [0, 0.05) is 49.2 Å². The van der Waals surface area contributed by atoms with E-state index in [-0.39, 0.29) is 17.5 Å². The van der Waals surface area contributed by atoms with Crippen LogP contribution in [0.25, 0.3) is 33.5 Å². The summed E-state index contributed by atoms with van der Waals surface area (Å²) in [6.45, 7) is 4.02. The Bertz CT molecular complexity index is 1400. The molecule has 170 valence electrons. The lowest BCUT2D eigenvalue weighted by molar-refractivity contribution is 0.0709. The van der Waals surface area contributed by atoms with Crippen LogP contribution in [0.2, 0.25) is 0 Å². The Morgan fingerprint density at radius 1 is 1.18 bits per heavy atom. The third-order valence-electron chi connectivity index (χ3n) is 6.58. The third-order valence-corrected chi connectivity index (χ3v) is 6.58. The minimum Gasteiger partial charge on any atom is -0.366 e. The van der Waals surface area contributed by atoms with Crippen molar-refractivity contribution in [3.63, 3.8) is 0 Å². The Hall–Kier alpha value is -3.65. The van der Waals surface area contributed by atoms with Crippen molar-refractivity contribution < 1.29 is 9.59 Å². The number of carbonyl (C=O) groups excluding carboxylic acids is 2. The lowest BCUT2D eigenvalue weighted by Crippen LogP contribution is -2.45. The van der Waals surface area contributed by atoms with E-state index in [1.165, 1.54) is 0 Å². The Morgan fingerprint density at radius 2 is 1.97 bits per heavy atom. The second-order valence-corrected chi connectivity index (χ2v) is 8.74. The van der Waals surface area contributed by atoms with Gasteiger partial charge >= 0.3 is 0 Å². The van der Waals surface area contributed by atoms with Crippen molar-refractivity contribution in [1.82, 2.24) is 19.0 Å². The molecule has 1 fully saturated rings. The van der Waals surface area contributed by atoms with Gasteiger partial charge in [-0.05, 0) is 44.0 Å². The number of aryl methyl sites for hydroxylation is 2. The van der Waals surface area contributed by atoms with Gasteiger partial charge in [-0.3, -0.25) is 9.59 Å². The number of hydrogen-bond acceptors (Lipinski definition) is 4. The summed E-state index contributed by atoms with van der Waals surface area (Å²) >= 11 is 0. The van der Waals surface area contributed by atoms with Gasteiger partial charge in [0.1, 0.15) is 0 Å². The molecule has 2 amide bonds. The summed E-state index contributed by atoms with van der Waals surface area (Å²) in [5.74, 6) is -0.0184. The number of aromatic nitrogens is 3. The van der Waals surface area contributed by atoms with E-state index < -0.39 is 5.91 Å². The number of primary amides is 1. The first-order valence-corrected chi connectivity index (χ1v) is 11.3. The highest BCUT2D eigenvalue weighted by atomic mass is 16.2. The number of nitrogens with two attached hydrogens (primary N) is 2. The van der Waals surface area contributed by atoms with Crippen molar-refractivity contribution in [1.29, 1.82) is 0 Å². The summed E-state index contributed by atoms with van der Waals surface area (Å²) in [5.41, 5.74) is 15.8. The quantitative estimate of drug-likeness (QED) is 0.504. The number of likely N-dealkylation sites (tertiary alicyclic amines) is 1. The van der Waals surface area contributed by atoms with Gasteiger partial charge < -0.3 is 25.5 Å². The van der Waals surface area contributed by atoms with Gasteiger partial charge in [-0.2, -0.15) is 0 Å². The number of amides is 2. The van der Waals surface area contributed by atoms with Gasteiger partial charge in [-0.15, -0.1) is 0 Å². The number of fused-ring (bicyclic) bond motifs is 2. The van der Waals surface area contributed by atoms with Crippen LogP contribution in [-0.4, -0.2) is 50.0 Å². The van der Waals surface area contributed by atoms with Gasteiger partial charge in [0.15, 0.2) is 5.82 Å². The maximum atomic E-state index is 13.2. The fraction of sp³-hybridized carbons (Fsp3) is 0.320. The largest absolute Gasteiger partial charge is 0.366 e. The maximum absolute atomic E-state index is 13.2. The highest BCUT2D eigenvalue weighted by Gasteiger charge is 2.26. The number of rotatable bonds is 4. The van der Waals surface area contributed by atoms with Crippen molar-refractivity contribution in [2.24, 2.45) is 18.5 Å². The molecule has 8 nitrogen and oxygen atoms in total. The number of para-hydroxylation sites is 1. The van der Waals surface area contributed by atoms with E-state index in [0.29, 0.717) is 29.7 Å². The van der Waals surface area contributed by atoms with E-state index in [0.717, 1.165) is 41.8 Å². The molecule has 1 saturated heterocycles. The number of hydrogen-bond donors (Lipinski definition) is 2. The highest BCUT2D eigenvalue weighted by molar-refractivity contribution is 6.09. The van der Waals surface area contributed by atoms with E-state index in [4.69, 9.17) is 16.5 Å². The van der Waals surface area contributed by atoms with E-state index in [1.54, 1.807) is 17.0 Å². The van der Waals surface area contributed by atoms with Crippen molar-refractivity contribution in [2.75, 3.05) is 13.1 Å². The maximum Gasteiger partial charge on any atom is 0.254 e. The Morgan fingerprint density at radius 3 is 2.70 bits per heavy atom. The molecular formula is C25H28N6O2.